The number of rotatable bonds is 8. The van der Waals surface area contributed by atoms with Crippen LogP contribution in [0.2, 0.25) is 0 Å². The second kappa shape index (κ2) is 8.12. The highest BCUT2D eigenvalue weighted by Crippen LogP contribution is 2.13. The van der Waals surface area contributed by atoms with E-state index in [4.69, 9.17) is 10.2 Å². The average Bonchev–Trinajstić information content (AvgIpc) is 2.16. The van der Waals surface area contributed by atoms with Crippen LogP contribution in [-0.2, 0) is 14.2 Å². The molecule has 0 rings (SSSR count). The van der Waals surface area contributed by atoms with E-state index in [1.807, 2.05) is 0 Å². The van der Waals surface area contributed by atoms with Crippen LogP contribution in [0.25, 0.3) is 0 Å². The molecule has 0 bridgehead atoms. The zero-order valence-corrected chi connectivity index (χ0v) is 9.23. The molecule has 0 radical (unpaired) electrons. The summed E-state index contributed by atoms with van der Waals surface area (Å²) in [6, 6.07) is 0. The molecule has 84 valence electrons. The third kappa shape index (κ3) is 9.09. The molecule has 0 amide bonds. The summed E-state index contributed by atoms with van der Waals surface area (Å²) in [6.07, 6.45) is 2.63. The van der Waals surface area contributed by atoms with Crippen LogP contribution in [0.3, 0.4) is 0 Å². The Hall–Kier alpha value is -1.22. The van der Waals surface area contributed by atoms with Gasteiger partial charge in [0, 0.05) is 12.8 Å². The molecule has 0 aromatic heterocycles. The van der Waals surface area contributed by atoms with Gasteiger partial charge >= 0.3 is 20.4 Å². The number of carbonyl (C=O) groups is 2. The van der Waals surface area contributed by atoms with Gasteiger partial charge in [0.2, 0.25) is 0 Å². The molecule has 0 aliphatic heterocycles. The molecular weight excluding hydrogens is 219 g/mol. The maximum atomic E-state index is 10.3. The van der Waals surface area contributed by atoms with Crippen LogP contribution in [0.1, 0.15) is 25.7 Å². The highest BCUT2D eigenvalue weighted by Gasteiger charge is 2.05. The van der Waals surface area contributed by atoms with E-state index in [1.165, 1.54) is 0 Å². The maximum Gasteiger partial charge on any atom is 0.328 e. The third-order valence-electron chi connectivity index (χ3n) is 1.79. The molecule has 1 unspecified atom stereocenters. The van der Waals surface area contributed by atoms with Gasteiger partial charge in [-0.25, -0.2) is 0 Å². The number of hydrogen-bond acceptors (Lipinski definition) is 3. The van der Waals surface area contributed by atoms with E-state index < -0.39 is 20.4 Å². The molecule has 0 aromatic carbocycles. The third-order valence-corrected chi connectivity index (χ3v) is 2.16. The Bertz CT molecular complexity index is 252. The van der Waals surface area contributed by atoms with Gasteiger partial charge in [-0.3, -0.25) is 9.59 Å². The molecular formula is C9H14O5P+. The molecule has 0 heterocycles. The van der Waals surface area contributed by atoms with Crippen LogP contribution < -0.4 is 0 Å². The van der Waals surface area contributed by atoms with E-state index in [0.717, 1.165) is 5.57 Å². The molecule has 5 nitrogen and oxygen atoms in total. The van der Waals surface area contributed by atoms with Gasteiger partial charge in [0.25, 0.3) is 0 Å². The largest absolute Gasteiger partial charge is 0.481 e. The van der Waals surface area contributed by atoms with Crippen molar-refractivity contribution in [1.82, 2.24) is 0 Å². The summed E-state index contributed by atoms with van der Waals surface area (Å²) >= 11 is 0. The highest BCUT2D eigenvalue weighted by molar-refractivity contribution is 7.23. The fourth-order valence-corrected chi connectivity index (χ4v) is 1.42. The standard InChI is InChI=1S/C9H13O5P/c10-8(11)3-1-7(5-6-15-14)2-4-9(12)13/h5H,1-4,6H2,(H,10,11)(H,12,13)/p+1. The quantitative estimate of drug-likeness (QED) is 0.491. The summed E-state index contributed by atoms with van der Waals surface area (Å²) in [6.45, 7) is 0. The van der Waals surface area contributed by atoms with E-state index in [2.05, 4.69) is 0 Å². The zero-order valence-electron chi connectivity index (χ0n) is 8.23. The minimum Gasteiger partial charge on any atom is -0.481 e. The van der Waals surface area contributed by atoms with Crippen molar-refractivity contribution >= 4 is 20.4 Å². The highest BCUT2D eigenvalue weighted by atomic mass is 31.1. The van der Waals surface area contributed by atoms with Gasteiger partial charge in [-0.1, -0.05) is 10.1 Å². The Kier molecular flexibility index (Phi) is 7.46. The van der Waals surface area contributed by atoms with Crippen molar-refractivity contribution in [2.24, 2.45) is 0 Å². The van der Waals surface area contributed by atoms with E-state index in [1.54, 1.807) is 6.08 Å². The Labute approximate surface area is 89.0 Å². The summed E-state index contributed by atoms with van der Waals surface area (Å²) < 4.78 is 10.3. The Morgan fingerprint density at radius 3 is 1.80 bits per heavy atom. The molecule has 0 spiro atoms. The summed E-state index contributed by atoms with van der Waals surface area (Å²) in [5.74, 6) is -1.83. The lowest BCUT2D eigenvalue weighted by Crippen LogP contribution is -1.99. The van der Waals surface area contributed by atoms with Crippen molar-refractivity contribution < 1.29 is 24.4 Å². The summed E-state index contributed by atoms with van der Waals surface area (Å²) in [7, 11) is -0.473. The normalized spacial score (nSPS) is 9.87. The van der Waals surface area contributed by atoms with Crippen LogP contribution >= 0.6 is 8.46 Å². The van der Waals surface area contributed by atoms with Gasteiger partial charge in [-0.05, 0) is 18.9 Å². The number of carboxylic acids is 2. The lowest BCUT2D eigenvalue weighted by molar-refractivity contribution is -0.137. The van der Waals surface area contributed by atoms with E-state index in [-0.39, 0.29) is 12.8 Å². The molecule has 1 atom stereocenters. The van der Waals surface area contributed by atoms with Crippen molar-refractivity contribution in [3.8, 4) is 0 Å². The Balaban J connectivity index is 4.11. The van der Waals surface area contributed by atoms with Crippen molar-refractivity contribution in [3.63, 3.8) is 0 Å². The van der Waals surface area contributed by atoms with Crippen LogP contribution in [0.4, 0.5) is 0 Å². The lowest BCUT2D eigenvalue weighted by atomic mass is 10.0. The van der Waals surface area contributed by atoms with Crippen LogP contribution in [0.5, 0.6) is 0 Å². The molecule has 0 saturated carbocycles. The fourth-order valence-electron chi connectivity index (χ4n) is 1.05. The number of carboxylic acid groups (broad SMARTS) is 2. The van der Waals surface area contributed by atoms with Gasteiger partial charge < -0.3 is 10.2 Å². The smallest absolute Gasteiger partial charge is 0.328 e. The van der Waals surface area contributed by atoms with Crippen molar-refractivity contribution in [2.75, 3.05) is 6.16 Å². The SMILES string of the molecule is O=[PH+]CC=C(CCC(=O)O)CCC(=O)O. The molecule has 15 heavy (non-hydrogen) atoms. The van der Waals surface area contributed by atoms with Gasteiger partial charge in [0.1, 0.15) is 0 Å². The predicted molar refractivity (Wildman–Crippen MR) is 55.7 cm³/mol. The van der Waals surface area contributed by atoms with Crippen molar-refractivity contribution in [2.45, 2.75) is 25.7 Å². The first-order valence-corrected chi connectivity index (χ1v) is 5.64. The molecule has 0 aromatic rings. The van der Waals surface area contributed by atoms with E-state index >= 15 is 0 Å². The first kappa shape index (κ1) is 13.8. The first-order valence-electron chi connectivity index (χ1n) is 4.52. The van der Waals surface area contributed by atoms with Gasteiger partial charge in [0.15, 0.2) is 6.16 Å². The summed E-state index contributed by atoms with van der Waals surface area (Å²) in [5.41, 5.74) is 0.753. The minimum atomic E-state index is -0.916. The van der Waals surface area contributed by atoms with E-state index in [0.29, 0.717) is 19.0 Å². The van der Waals surface area contributed by atoms with Gasteiger partial charge in [-0.15, -0.1) is 0 Å². The maximum absolute atomic E-state index is 10.3. The number of aliphatic carboxylic acids is 2. The second-order valence-electron chi connectivity index (χ2n) is 3.00. The van der Waals surface area contributed by atoms with Crippen LogP contribution in [0.15, 0.2) is 11.6 Å². The summed E-state index contributed by atoms with van der Waals surface area (Å²) in [4.78, 5) is 20.6. The summed E-state index contributed by atoms with van der Waals surface area (Å²) in [5, 5.41) is 16.9. The molecule has 0 aliphatic rings. The number of hydrogen-bond donors (Lipinski definition) is 2. The lowest BCUT2D eigenvalue weighted by Gasteiger charge is -2.02. The fraction of sp³-hybridized carbons (Fsp3) is 0.556. The predicted octanol–water partition coefficient (Wildman–Crippen LogP) is 1.67. The average molecular weight is 233 g/mol. The van der Waals surface area contributed by atoms with Gasteiger partial charge in [0.05, 0.1) is 0 Å². The second-order valence-corrected chi connectivity index (χ2v) is 3.70. The number of allylic oxidation sites excluding steroid dienone is 2. The Morgan fingerprint density at radius 1 is 1.00 bits per heavy atom. The monoisotopic (exact) mass is 233 g/mol. The molecule has 0 saturated heterocycles. The van der Waals surface area contributed by atoms with Crippen molar-refractivity contribution in [3.05, 3.63) is 11.6 Å². The molecule has 0 fully saturated rings. The molecule has 2 N–H and O–H groups in total. The topological polar surface area (TPSA) is 91.7 Å². The van der Waals surface area contributed by atoms with E-state index in [9.17, 15) is 14.2 Å². The van der Waals surface area contributed by atoms with Crippen LogP contribution in [-0.4, -0.2) is 28.3 Å². The molecule has 0 aliphatic carbocycles. The van der Waals surface area contributed by atoms with Crippen LogP contribution in [0, 0.1) is 0 Å². The molecule has 6 heteroatoms. The first-order chi connectivity index (χ1) is 7.06. The zero-order chi connectivity index (χ0) is 11.7. The van der Waals surface area contributed by atoms with Gasteiger partial charge in [-0.2, -0.15) is 0 Å². The minimum absolute atomic E-state index is 0.0204. The Morgan fingerprint density at radius 2 is 1.47 bits per heavy atom. The van der Waals surface area contributed by atoms with Crippen molar-refractivity contribution in [1.29, 1.82) is 0 Å².